The van der Waals surface area contributed by atoms with Gasteiger partial charge in [0.2, 0.25) is 0 Å². The summed E-state index contributed by atoms with van der Waals surface area (Å²) in [6.45, 7) is 2.02. The smallest absolute Gasteiger partial charge is 0.0946 e. The summed E-state index contributed by atoms with van der Waals surface area (Å²) in [5, 5.41) is 3.76. The van der Waals surface area contributed by atoms with Crippen molar-refractivity contribution in [2.24, 2.45) is 0 Å². The SMILES string of the molecule is c1ccc(C2CCCCC2NCCn2ccnc2)cc1. The van der Waals surface area contributed by atoms with Crippen LogP contribution < -0.4 is 5.32 Å². The molecule has 1 aliphatic rings. The summed E-state index contributed by atoms with van der Waals surface area (Å²) in [5.74, 6) is 0.674. The Bertz CT molecular complexity index is 492. The van der Waals surface area contributed by atoms with E-state index in [4.69, 9.17) is 0 Å². The fourth-order valence-corrected chi connectivity index (χ4v) is 3.27. The van der Waals surface area contributed by atoms with Gasteiger partial charge in [0, 0.05) is 31.5 Å². The number of nitrogens with zero attached hydrogens (tertiary/aromatic N) is 2. The van der Waals surface area contributed by atoms with E-state index in [-0.39, 0.29) is 0 Å². The van der Waals surface area contributed by atoms with Crippen LogP contribution in [-0.4, -0.2) is 22.1 Å². The van der Waals surface area contributed by atoms with Crippen LogP contribution >= 0.6 is 0 Å². The Hall–Kier alpha value is -1.61. The number of benzene rings is 1. The molecule has 2 aromatic rings. The van der Waals surface area contributed by atoms with Crippen molar-refractivity contribution in [2.45, 2.75) is 44.2 Å². The number of nitrogens with one attached hydrogen (secondary N) is 1. The first kappa shape index (κ1) is 13.4. The Morgan fingerprint density at radius 1 is 1.15 bits per heavy atom. The highest BCUT2D eigenvalue weighted by atomic mass is 15.0. The van der Waals surface area contributed by atoms with Crippen LogP contribution in [0.2, 0.25) is 0 Å². The first-order valence-corrected chi connectivity index (χ1v) is 7.67. The summed E-state index contributed by atoms with van der Waals surface area (Å²) in [7, 11) is 0. The summed E-state index contributed by atoms with van der Waals surface area (Å²) in [5.41, 5.74) is 1.49. The molecule has 1 saturated carbocycles. The molecule has 0 saturated heterocycles. The standard InChI is InChI=1S/C17H23N3/c1-2-6-15(7-3-1)16-8-4-5-9-17(16)19-11-13-20-12-10-18-14-20/h1-3,6-7,10,12,14,16-17,19H,4-5,8-9,11,13H2. The topological polar surface area (TPSA) is 29.9 Å². The molecule has 106 valence electrons. The minimum absolute atomic E-state index is 0.620. The third-order valence-corrected chi connectivity index (χ3v) is 4.33. The second-order valence-electron chi connectivity index (χ2n) is 5.66. The predicted molar refractivity (Wildman–Crippen MR) is 81.7 cm³/mol. The van der Waals surface area contributed by atoms with Crippen LogP contribution in [0.15, 0.2) is 49.1 Å². The van der Waals surface area contributed by atoms with Crippen molar-refractivity contribution in [3.8, 4) is 0 Å². The number of hydrogen-bond acceptors (Lipinski definition) is 2. The first-order valence-electron chi connectivity index (χ1n) is 7.67. The van der Waals surface area contributed by atoms with Crippen molar-refractivity contribution in [1.82, 2.24) is 14.9 Å². The van der Waals surface area contributed by atoms with Crippen molar-refractivity contribution in [2.75, 3.05) is 6.54 Å². The molecule has 1 N–H and O–H groups in total. The third kappa shape index (κ3) is 3.28. The van der Waals surface area contributed by atoms with Gasteiger partial charge in [0.15, 0.2) is 0 Å². The first-order chi connectivity index (χ1) is 9.93. The highest BCUT2D eigenvalue weighted by molar-refractivity contribution is 5.21. The normalized spacial score (nSPS) is 22.8. The van der Waals surface area contributed by atoms with Crippen molar-refractivity contribution >= 4 is 0 Å². The van der Waals surface area contributed by atoms with Gasteiger partial charge in [0.1, 0.15) is 0 Å². The monoisotopic (exact) mass is 269 g/mol. The molecule has 3 nitrogen and oxygen atoms in total. The van der Waals surface area contributed by atoms with Crippen LogP contribution in [0.5, 0.6) is 0 Å². The lowest BCUT2D eigenvalue weighted by Gasteiger charge is -2.33. The van der Waals surface area contributed by atoms with Gasteiger partial charge < -0.3 is 9.88 Å². The van der Waals surface area contributed by atoms with Crippen molar-refractivity contribution in [1.29, 1.82) is 0 Å². The maximum Gasteiger partial charge on any atom is 0.0946 e. The summed E-state index contributed by atoms with van der Waals surface area (Å²) in [4.78, 5) is 4.09. The Balaban J connectivity index is 1.58. The molecule has 1 aliphatic carbocycles. The molecule has 0 amide bonds. The van der Waals surface area contributed by atoms with Gasteiger partial charge in [0.05, 0.1) is 6.33 Å². The Morgan fingerprint density at radius 3 is 2.80 bits per heavy atom. The second-order valence-corrected chi connectivity index (χ2v) is 5.66. The van der Waals surface area contributed by atoms with Crippen molar-refractivity contribution < 1.29 is 0 Å². The van der Waals surface area contributed by atoms with E-state index in [9.17, 15) is 0 Å². The molecule has 1 heterocycles. The number of aromatic nitrogens is 2. The van der Waals surface area contributed by atoms with Crippen LogP contribution in [0.3, 0.4) is 0 Å². The van der Waals surface area contributed by atoms with Crippen LogP contribution in [0.25, 0.3) is 0 Å². The zero-order valence-corrected chi connectivity index (χ0v) is 11.9. The third-order valence-electron chi connectivity index (χ3n) is 4.33. The van der Waals surface area contributed by atoms with Gasteiger partial charge in [-0.2, -0.15) is 0 Å². The van der Waals surface area contributed by atoms with Crippen LogP contribution in [0.1, 0.15) is 37.2 Å². The Labute approximate surface area is 121 Å². The minimum Gasteiger partial charge on any atom is -0.336 e. The molecule has 3 rings (SSSR count). The summed E-state index contributed by atoms with van der Waals surface area (Å²) >= 11 is 0. The highest BCUT2D eigenvalue weighted by Crippen LogP contribution is 2.32. The van der Waals surface area contributed by atoms with E-state index in [1.54, 1.807) is 0 Å². The number of rotatable bonds is 5. The lowest BCUT2D eigenvalue weighted by molar-refractivity contribution is 0.324. The van der Waals surface area contributed by atoms with Crippen molar-refractivity contribution in [3.05, 3.63) is 54.6 Å². The maximum atomic E-state index is 4.09. The molecule has 20 heavy (non-hydrogen) atoms. The summed E-state index contributed by atoms with van der Waals surface area (Å²) in [6.07, 6.45) is 11.1. The minimum atomic E-state index is 0.620. The summed E-state index contributed by atoms with van der Waals surface area (Å²) < 4.78 is 2.13. The van der Waals surface area contributed by atoms with E-state index in [0.29, 0.717) is 12.0 Å². The lowest BCUT2D eigenvalue weighted by atomic mass is 9.80. The van der Waals surface area contributed by atoms with E-state index in [1.807, 2.05) is 18.7 Å². The molecule has 1 aromatic carbocycles. The molecular weight excluding hydrogens is 246 g/mol. The zero-order valence-electron chi connectivity index (χ0n) is 11.9. The summed E-state index contributed by atoms with van der Waals surface area (Å²) in [6, 6.07) is 11.6. The fourth-order valence-electron chi connectivity index (χ4n) is 3.27. The quantitative estimate of drug-likeness (QED) is 0.903. The Kier molecular flexibility index (Phi) is 4.49. The number of imidazole rings is 1. The van der Waals surface area contributed by atoms with Gasteiger partial charge in [-0.15, -0.1) is 0 Å². The van der Waals surface area contributed by atoms with Crippen molar-refractivity contribution in [3.63, 3.8) is 0 Å². The van der Waals surface area contributed by atoms with Gasteiger partial charge in [-0.25, -0.2) is 4.98 Å². The van der Waals surface area contributed by atoms with E-state index in [2.05, 4.69) is 45.2 Å². The van der Waals surface area contributed by atoms with Gasteiger partial charge >= 0.3 is 0 Å². The average Bonchev–Trinajstić information content (AvgIpc) is 3.02. The lowest BCUT2D eigenvalue weighted by Crippen LogP contribution is -2.38. The number of hydrogen-bond donors (Lipinski definition) is 1. The molecule has 2 atom stereocenters. The fraction of sp³-hybridized carbons (Fsp3) is 0.471. The largest absolute Gasteiger partial charge is 0.336 e. The average molecular weight is 269 g/mol. The predicted octanol–water partition coefficient (Wildman–Crippen LogP) is 3.20. The molecule has 1 fully saturated rings. The maximum absolute atomic E-state index is 4.09. The molecule has 0 radical (unpaired) electrons. The van der Waals surface area contributed by atoms with Gasteiger partial charge in [-0.1, -0.05) is 43.2 Å². The van der Waals surface area contributed by atoms with Gasteiger partial charge in [0.25, 0.3) is 0 Å². The Morgan fingerprint density at radius 2 is 2.00 bits per heavy atom. The molecule has 3 heteroatoms. The highest BCUT2D eigenvalue weighted by Gasteiger charge is 2.25. The molecule has 0 spiro atoms. The molecule has 0 bridgehead atoms. The van der Waals surface area contributed by atoms with E-state index < -0.39 is 0 Å². The van der Waals surface area contributed by atoms with Gasteiger partial charge in [-0.3, -0.25) is 0 Å². The van der Waals surface area contributed by atoms with E-state index in [0.717, 1.165) is 13.1 Å². The van der Waals surface area contributed by atoms with Crippen LogP contribution in [-0.2, 0) is 6.54 Å². The zero-order chi connectivity index (χ0) is 13.6. The van der Waals surface area contributed by atoms with Crippen LogP contribution in [0, 0.1) is 0 Å². The molecule has 1 aromatic heterocycles. The molecule has 0 aliphatic heterocycles. The molecule has 2 unspecified atom stereocenters. The van der Waals surface area contributed by atoms with Crippen LogP contribution in [0.4, 0.5) is 0 Å². The van der Waals surface area contributed by atoms with E-state index in [1.165, 1.54) is 31.2 Å². The van der Waals surface area contributed by atoms with E-state index >= 15 is 0 Å². The second kappa shape index (κ2) is 6.71. The van der Waals surface area contributed by atoms with Gasteiger partial charge in [-0.05, 0) is 24.3 Å². The molecular formula is C17H23N3.